The summed E-state index contributed by atoms with van der Waals surface area (Å²) in [6.07, 6.45) is -12.3. The summed E-state index contributed by atoms with van der Waals surface area (Å²) in [6.45, 7) is 0. The second-order valence-electron chi connectivity index (χ2n) is 4.26. The summed E-state index contributed by atoms with van der Waals surface area (Å²) in [5.41, 5.74) is -4.42. The molecule has 110 valence electrons. The van der Waals surface area contributed by atoms with Crippen LogP contribution in [0.4, 0.5) is 23.7 Å². The van der Waals surface area contributed by atoms with Gasteiger partial charge in [0.25, 0.3) is 5.60 Å². The number of hydrogen-bond donors (Lipinski definition) is 1. The molecular formula is C14H9ClF3NO2. The monoisotopic (exact) mass is 320 g/mol. The summed E-state index contributed by atoms with van der Waals surface area (Å²) in [6, 6.07) is 3.24. The van der Waals surface area contributed by atoms with Crippen molar-refractivity contribution in [1.82, 2.24) is 0 Å². The predicted octanol–water partition coefficient (Wildman–Crippen LogP) is 4.07. The number of amides is 1. The van der Waals surface area contributed by atoms with Crippen molar-refractivity contribution in [3.8, 4) is 11.8 Å². The zero-order valence-electron chi connectivity index (χ0n) is 15.1. The van der Waals surface area contributed by atoms with Gasteiger partial charge in [-0.1, -0.05) is 17.5 Å². The molecule has 1 fully saturated rings. The molecule has 0 radical (unpaired) electrons. The molecule has 1 amide bonds. The van der Waals surface area contributed by atoms with E-state index in [1.54, 1.807) is 11.8 Å². The largest absolute Gasteiger partial charge is 0.445 e. The molecule has 3 nitrogen and oxygen atoms in total. The van der Waals surface area contributed by atoms with Gasteiger partial charge < -0.3 is 4.74 Å². The smallest absolute Gasteiger partial charge is 0.415 e. The normalized spacial score (nSPS) is 34.1. The third kappa shape index (κ3) is 2.42. The van der Waals surface area contributed by atoms with E-state index in [1.807, 2.05) is 0 Å². The van der Waals surface area contributed by atoms with Crippen molar-refractivity contribution >= 4 is 23.4 Å². The molecule has 1 heterocycles. The van der Waals surface area contributed by atoms with Crippen molar-refractivity contribution in [3.63, 3.8) is 0 Å². The van der Waals surface area contributed by atoms with Gasteiger partial charge >= 0.3 is 12.3 Å². The molecule has 1 atom stereocenters. The Morgan fingerprint density at radius 2 is 2.24 bits per heavy atom. The number of rotatable bonds is 0. The number of hydrogen-bond acceptors (Lipinski definition) is 2. The lowest BCUT2D eigenvalue weighted by molar-refractivity contribution is -0.239. The number of carbonyl (C=O) groups excluding carboxylic acids is 1. The number of cyclic esters (lactones) is 1. The average molecular weight is 321 g/mol. The Bertz CT molecular complexity index is 866. The molecule has 1 aliphatic carbocycles. The lowest BCUT2D eigenvalue weighted by Gasteiger charge is -2.35. The number of carbonyl (C=O) groups is 1. The van der Waals surface area contributed by atoms with Crippen molar-refractivity contribution in [2.45, 2.75) is 24.5 Å². The number of alkyl halides is 3. The minimum atomic E-state index is -5.26. The van der Waals surface area contributed by atoms with Crippen LogP contribution < -0.4 is 5.32 Å². The number of fused-ring (bicyclic) bond motifs is 1. The highest BCUT2D eigenvalue weighted by Crippen LogP contribution is 2.48. The van der Waals surface area contributed by atoms with Crippen LogP contribution in [-0.2, 0) is 10.3 Å². The molecule has 0 aromatic heterocycles. The van der Waals surface area contributed by atoms with Crippen molar-refractivity contribution < 1.29 is 29.6 Å². The van der Waals surface area contributed by atoms with Gasteiger partial charge in [-0.05, 0) is 36.9 Å². The SMILES string of the molecule is [2H]C1([2H])C([2H])([2H])C1([2H])C#C[C@@]1(C(F)(F)F)OC(=O)Nc2ccc(Cl)cc21. The van der Waals surface area contributed by atoms with Crippen LogP contribution in [0, 0.1) is 17.7 Å². The maximum Gasteiger partial charge on any atom is 0.445 e. The summed E-state index contributed by atoms with van der Waals surface area (Å²) in [4.78, 5) is 11.6. The molecule has 0 bridgehead atoms. The Morgan fingerprint density at radius 1 is 1.52 bits per heavy atom. The van der Waals surface area contributed by atoms with Gasteiger partial charge in [-0.3, -0.25) is 5.32 Å². The van der Waals surface area contributed by atoms with E-state index in [1.165, 1.54) is 6.07 Å². The third-order valence-electron chi connectivity index (χ3n) is 2.86. The van der Waals surface area contributed by atoms with Gasteiger partial charge in [0.1, 0.15) is 0 Å². The van der Waals surface area contributed by atoms with Crippen LogP contribution in [0.5, 0.6) is 0 Å². The van der Waals surface area contributed by atoms with E-state index in [0.717, 1.165) is 12.1 Å². The molecule has 0 spiro atoms. The Hall–Kier alpha value is -1.87. The molecule has 0 saturated heterocycles. The highest BCUT2D eigenvalue weighted by molar-refractivity contribution is 6.30. The van der Waals surface area contributed by atoms with Gasteiger partial charge in [0, 0.05) is 23.3 Å². The number of benzene rings is 1. The minimum absolute atomic E-state index is 0.100. The van der Waals surface area contributed by atoms with Crippen LogP contribution in [0.1, 0.15) is 25.2 Å². The molecule has 7 heteroatoms. The average Bonchev–Trinajstić information content (AvgIpc) is 2.81. The Morgan fingerprint density at radius 3 is 2.86 bits per heavy atom. The summed E-state index contributed by atoms with van der Waals surface area (Å²) in [7, 11) is 0. The van der Waals surface area contributed by atoms with Crippen LogP contribution in [0.2, 0.25) is 5.02 Å². The number of halogens is 4. The summed E-state index contributed by atoms with van der Waals surface area (Å²) in [5.74, 6) is 0.587. The molecule has 1 saturated carbocycles. The summed E-state index contributed by atoms with van der Waals surface area (Å²) < 4.78 is 83.6. The second kappa shape index (κ2) is 4.57. The molecule has 2 aliphatic rings. The highest BCUT2D eigenvalue weighted by Gasteiger charge is 2.62. The van der Waals surface area contributed by atoms with Crippen LogP contribution in [-0.4, -0.2) is 12.3 Å². The van der Waals surface area contributed by atoms with E-state index in [4.69, 9.17) is 18.5 Å². The van der Waals surface area contributed by atoms with E-state index >= 15 is 0 Å². The van der Waals surface area contributed by atoms with Gasteiger partial charge in [-0.25, -0.2) is 4.79 Å². The first kappa shape index (κ1) is 9.21. The zero-order chi connectivity index (χ0) is 19.8. The highest BCUT2D eigenvalue weighted by atomic mass is 35.5. The quantitative estimate of drug-likeness (QED) is 0.732. The molecule has 3 rings (SSSR count). The lowest BCUT2D eigenvalue weighted by atomic mass is 9.90. The Kier molecular flexibility index (Phi) is 2.00. The van der Waals surface area contributed by atoms with E-state index < -0.39 is 42.1 Å². The Balaban J connectivity index is 2.24. The van der Waals surface area contributed by atoms with E-state index in [0.29, 0.717) is 0 Å². The van der Waals surface area contributed by atoms with Gasteiger partial charge in [-0.15, -0.1) is 0 Å². The van der Waals surface area contributed by atoms with E-state index in [-0.39, 0.29) is 10.7 Å². The number of anilines is 1. The fourth-order valence-corrected chi connectivity index (χ4v) is 2.04. The summed E-state index contributed by atoms with van der Waals surface area (Å²) in [5, 5.41) is 1.98. The van der Waals surface area contributed by atoms with Gasteiger partial charge in [0.2, 0.25) is 0 Å². The molecule has 21 heavy (non-hydrogen) atoms. The van der Waals surface area contributed by atoms with Crippen LogP contribution >= 0.6 is 11.6 Å². The number of nitrogens with one attached hydrogen (secondary N) is 1. The first-order chi connectivity index (χ1) is 11.7. The Labute approximate surface area is 130 Å². The third-order valence-corrected chi connectivity index (χ3v) is 3.09. The molecule has 1 aromatic carbocycles. The van der Waals surface area contributed by atoms with E-state index in [9.17, 15) is 18.0 Å². The van der Waals surface area contributed by atoms with Crippen molar-refractivity contribution in [1.29, 1.82) is 0 Å². The van der Waals surface area contributed by atoms with Crippen molar-refractivity contribution in [3.05, 3.63) is 28.8 Å². The first-order valence-corrected chi connectivity index (χ1v) is 5.98. The first-order valence-electron chi connectivity index (χ1n) is 8.11. The van der Waals surface area contributed by atoms with Crippen LogP contribution in [0.3, 0.4) is 0 Å². The second-order valence-corrected chi connectivity index (χ2v) is 4.69. The molecule has 1 N–H and O–H groups in total. The summed E-state index contributed by atoms with van der Waals surface area (Å²) >= 11 is 5.74. The van der Waals surface area contributed by atoms with Gasteiger partial charge in [-0.2, -0.15) is 13.2 Å². The molecule has 1 aliphatic heterocycles. The molecular weight excluding hydrogens is 307 g/mol. The minimum Gasteiger partial charge on any atom is -0.415 e. The topological polar surface area (TPSA) is 38.3 Å². The lowest BCUT2D eigenvalue weighted by Crippen LogP contribution is -2.49. The van der Waals surface area contributed by atoms with Crippen molar-refractivity contribution in [2.75, 3.05) is 5.32 Å². The molecule has 0 unspecified atom stereocenters. The number of ether oxygens (including phenoxy) is 1. The van der Waals surface area contributed by atoms with Crippen LogP contribution in [0.15, 0.2) is 18.2 Å². The van der Waals surface area contributed by atoms with E-state index in [2.05, 4.69) is 10.1 Å². The fraction of sp³-hybridized carbons (Fsp3) is 0.357. The van der Waals surface area contributed by atoms with Gasteiger partial charge in [0.05, 0.1) is 5.69 Å². The van der Waals surface area contributed by atoms with Crippen LogP contribution in [0.25, 0.3) is 0 Å². The maximum absolute atomic E-state index is 13.9. The molecule has 1 aromatic rings. The standard InChI is InChI=1S/C14H9ClF3NO2/c15-9-3-4-11-10(7-9)13(14(16,17)18,21-12(20)19-11)6-5-8-1-2-8/h3-4,7-8H,1-2H2,(H,19,20)/t13-/m1/s1/i1D2,2D2,8D. The predicted molar refractivity (Wildman–Crippen MR) is 69.8 cm³/mol. The van der Waals surface area contributed by atoms with Gasteiger partial charge in [0.15, 0.2) is 0 Å². The van der Waals surface area contributed by atoms with Crippen molar-refractivity contribution in [2.24, 2.45) is 5.89 Å². The fourth-order valence-electron chi connectivity index (χ4n) is 1.86. The maximum atomic E-state index is 13.9. The zero-order valence-corrected chi connectivity index (χ0v) is 10.8.